The highest BCUT2D eigenvalue weighted by atomic mass is 16.5. The van der Waals surface area contributed by atoms with Crippen molar-refractivity contribution in [3.63, 3.8) is 0 Å². The second-order valence-corrected chi connectivity index (χ2v) is 7.22. The Bertz CT molecular complexity index is 527. The largest absolute Gasteiger partial charge is 0.372 e. The standard InChI is InChI=1S/C19H29N3O2/c1-21-13-14-24-19(16-21)8-11-22(12-9-19)18(23)7-3-2-5-17-6-4-10-20-15-17/h4,6,10,15H,2-3,5,7-9,11-14,16H2,1H3. The van der Waals surface area contributed by atoms with Crippen LogP contribution >= 0.6 is 0 Å². The number of ether oxygens (including phenoxy) is 1. The van der Waals surface area contributed by atoms with E-state index in [1.165, 1.54) is 5.56 Å². The molecular weight excluding hydrogens is 302 g/mol. The molecule has 2 fully saturated rings. The summed E-state index contributed by atoms with van der Waals surface area (Å²) in [5, 5.41) is 0. The first-order valence-corrected chi connectivity index (χ1v) is 9.16. The third-order valence-corrected chi connectivity index (χ3v) is 5.30. The summed E-state index contributed by atoms with van der Waals surface area (Å²) in [6.07, 6.45) is 9.31. The van der Waals surface area contributed by atoms with Crippen LogP contribution in [-0.4, -0.2) is 66.1 Å². The van der Waals surface area contributed by atoms with Gasteiger partial charge in [-0.1, -0.05) is 6.07 Å². The van der Waals surface area contributed by atoms with E-state index >= 15 is 0 Å². The van der Waals surface area contributed by atoms with Crippen LogP contribution in [-0.2, 0) is 16.0 Å². The molecule has 24 heavy (non-hydrogen) atoms. The minimum absolute atomic E-state index is 0.00983. The highest BCUT2D eigenvalue weighted by Crippen LogP contribution is 2.30. The van der Waals surface area contributed by atoms with Gasteiger partial charge in [-0.3, -0.25) is 9.78 Å². The normalized spacial score (nSPS) is 21.1. The van der Waals surface area contributed by atoms with Gasteiger partial charge in [-0.2, -0.15) is 0 Å². The maximum absolute atomic E-state index is 12.4. The van der Waals surface area contributed by atoms with Crippen molar-refractivity contribution < 1.29 is 9.53 Å². The first-order valence-electron chi connectivity index (χ1n) is 9.16. The number of carbonyl (C=O) groups is 1. The van der Waals surface area contributed by atoms with Gasteiger partial charge >= 0.3 is 0 Å². The van der Waals surface area contributed by atoms with Gasteiger partial charge in [0.05, 0.1) is 12.2 Å². The van der Waals surface area contributed by atoms with E-state index in [0.717, 1.165) is 64.9 Å². The topological polar surface area (TPSA) is 45.7 Å². The van der Waals surface area contributed by atoms with Gasteiger partial charge in [0.2, 0.25) is 5.91 Å². The average molecular weight is 331 g/mol. The molecule has 132 valence electrons. The Morgan fingerprint density at radius 3 is 2.83 bits per heavy atom. The van der Waals surface area contributed by atoms with Gasteiger partial charge in [0, 0.05) is 45.0 Å². The summed E-state index contributed by atoms with van der Waals surface area (Å²) in [5.74, 6) is 0.306. The minimum Gasteiger partial charge on any atom is -0.372 e. The molecule has 1 aromatic rings. The van der Waals surface area contributed by atoms with E-state index in [1.807, 2.05) is 17.2 Å². The summed E-state index contributed by atoms with van der Waals surface area (Å²) < 4.78 is 6.07. The molecule has 3 heterocycles. The van der Waals surface area contributed by atoms with Gasteiger partial charge in [-0.05, 0) is 50.8 Å². The third-order valence-electron chi connectivity index (χ3n) is 5.30. The fraction of sp³-hybridized carbons (Fsp3) is 0.684. The lowest BCUT2D eigenvalue weighted by molar-refractivity contribution is -0.148. The lowest BCUT2D eigenvalue weighted by atomic mass is 9.89. The SMILES string of the molecule is CN1CCOC2(CCN(C(=O)CCCCc3cccnc3)CC2)C1. The molecule has 0 radical (unpaired) electrons. The van der Waals surface area contributed by atoms with Crippen LogP contribution in [0.4, 0.5) is 0 Å². The van der Waals surface area contributed by atoms with Gasteiger partial charge < -0.3 is 14.5 Å². The Balaban J connectivity index is 1.36. The second-order valence-electron chi connectivity index (χ2n) is 7.22. The van der Waals surface area contributed by atoms with E-state index in [1.54, 1.807) is 6.20 Å². The molecule has 5 heteroatoms. The van der Waals surface area contributed by atoms with Crippen molar-refractivity contribution in [2.24, 2.45) is 0 Å². The molecule has 2 aliphatic heterocycles. The van der Waals surface area contributed by atoms with Gasteiger partial charge in [0.25, 0.3) is 0 Å². The number of piperidine rings is 1. The lowest BCUT2D eigenvalue weighted by Gasteiger charge is -2.46. The number of aryl methyl sites for hydroxylation is 1. The number of pyridine rings is 1. The predicted octanol–water partition coefficient (Wildman–Crippen LogP) is 2.12. The molecule has 0 aliphatic carbocycles. The molecule has 0 atom stereocenters. The highest BCUT2D eigenvalue weighted by Gasteiger charge is 2.39. The monoisotopic (exact) mass is 331 g/mol. The third kappa shape index (κ3) is 4.54. The Labute approximate surface area is 145 Å². The first-order chi connectivity index (χ1) is 11.7. The first kappa shape index (κ1) is 17.4. The molecule has 3 rings (SSSR count). The Morgan fingerprint density at radius 1 is 1.29 bits per heavy atom. The molecule has 0 bridgehead atoms. The Kier molecular flexibility index (Phi) is 5.85. The molecule has 0 N–H and O–H groups in total. The van der Waals surface area contributed by atoms with Crippen LogP contribution in [0.15, 0.2) is 24.5 Å². The number of nitrogens with zero attached hydrogens (tertiary/aromatic N) is 3. The zero-order chi connectivity index (χ0) is 16.8. The van der Waals surface area contributed by atoms with Crippen molar-refractivity contribution >= 4 is 5.91 Å². The van der Waals surface area contributed by atoms with Gasteiger partial charge in [0.1, 0.15) is 0 Å². The molecule has 2 aliphatic rings. The number of hydrogen-bond acceptors (Lipinski definition) is 4. The number of likely N-dealkylation sites (N-methyl/N-ethyl adjacent to an activating group) is 1. The fourth-order valence-corrected chi connectivity index (χ4v) is 3.81. The Hall–Kier alpha value is -1.46. The lowest BCUT2D eigenvalue weighted by Crippen LogP contribution is -2.56. The molecule has 0 aromatic carbocycles. The maximum atomic E-state index is 12.4. The van der Waals surface area contributed by atoms with E-state index in [2.05, 4.69) is 23.0 Å². The number of aromatic nitrogens is 1. The number of amides is 1. The van der Waals surface area contributed by atoms with Crippen LogP contribution in [0.3, 0.4) is 0 Å². The predicted molar refractivity (Wildman–Crippen MR) is 93.8 cm³/mol. The summed E-state index contributed by atoms with van der Waals surface area (Å²) in [7, 11) is 2.16. The van der Waals surface area contributed by atoms with E-state index in [4.69, 9.17) is 4.74 Å². The van der Waals surface area contributed by atoms with Crippen LogP contribution in [0.5, 0.6) is 0 Å². The van der Waals surface area contributed by atoms with E-state index in [-0.39, 0.29) is 5.60 Å². The number of unbranched alkanes of at least 4 members (excludes halogenated alkanes) is 1. The zero-order valence-electron chi connectivity index (χ0n) is 14.7. The zero-order valence-corrected chi connectivity index (χ0v) is 14.7. The number of rotatable bonds is 5. The van der Waals surface area contributed by atoms with Crippen LogP contribution < -0.4 is 0 Å². The fourth-order valence-electron chi connectivity index (χ4n) is 3.81. The smallest absolute Gasteiger partial charge is 0.222 e. The summed E-state index contributed by atoms with van der Waals surface area (Å²) in [5.41, 5.74) is 1.24. The van der Waals surface area contributed by atoms with Crippen LogP contribution in [0, 0.1) is 0 Å². The second kappa shape index (κ2) is 8.08. The van der Waals surface area contributed by atoms with E-state index < -0.39 is 0 Å². The molecule has 0 saturated carbocycles. The van der Waals surface area contributed by atoms with Crippen molar-refractivity contribution in [3.8, 4) is 0 Å². The quantitative estimate of drug-likeness (QED) is 0.776. The van der Waals surface area contributed by atoms with Crippen LogP contribution in [0.2, 0.25) is 0 Å². The summed E-state index contributed by atoms with van der Waals surface area (Å²) in [4.78, 5) is 20.9. The van der Waals surface area contributed by atoms with Gasteiger partial charge in [0.15, 0.2) is 0 Å². The molecule has 1 aromatic heterocycles. The minimum atomic E-state index is -0.00983. The van der Waals surface area contributed by atoms with Gasteiger partial charge in [-0.25, -0.2) is 0 Å². The summed E-state index contributed by atoms with van der Waals surface area (Å²) >= 11 is 0. The molecule has 0 unspecified atom stereocenters. The number of carbonyl (C=O) groups excluding carboxylic acids is 1. The Morgan fingerprint density at radius 2 is 2.12 bits per heavy atom. The number of morpholine rings is 1. The summed E-state index contributed by atoms with van der Waals surface area (Å²) in [6, 6.07) is 4.06. The van der Waals surface area contributed by atoms with Crippen molar-refractivity contribution in [2.75, 3.05) is 39.8 Å². The molecular formula is C19H29N3O2. The molecule has 1 spiro atoms. The van der Waals surface area contributed by atoms with Crippen molar-refractivity contribution in [3.05, 3.63) is 30.1 Å². The van der Waals surface area contributed by atoms with E-state index in [9.17, 15) is 4.79 Å². The van der Waals surface area contributed by atoms with Crippen molar-refractivity contribution in [1.82, 2.24) is 14.8 Å². The van der Waals surface area contributed by atoms with Crippen molar-refractivity contribution in [2.45, 2.75) is 44.1 Å². The number of hydrogen-bond donors (Lipinski definition) is 0. The number of likely N-dealkylation sites (tertiary alicyclic amines) is 1. The molecule has 5 nitrogen and oxygen atoms in total. The highest BCUT2D eigenvalue weighted by molar-refractivity contribution is 5.76. The van der Waals surface area contributed by atoms with Crippen LogP contribution in [0.1, 0.15) is 37.7 Å². The van der Waals surface area contributed by atoms with E-state index in [0.29, 0.717) is 12.3 Å². The average Bonchev–Trinajstić information content (AvgIpc) is 2.60. The molecule has 1 amide bonds. The van der Waals surface area contributed by atoms with Crippen LogP contribution in [0.25, 0.3) is 0 Å². The molecule has 2 saturated heterocycles. The summed E-state index contributed by atoms with van der Waals surface area (Å²) in [6.45, 7) is 4.52. The van der Waals surface area contributed by atoms with Gasteiger partial charge in [-0.15, -0.1) is 0 Å². The van der Waals surface area contributed by atoms with Crippen molar-refractivity contribution in [1.29, 1.82) is 0 Å². The maximum Gasteiger partial charge on any atom is 0.222 e.